The molecular weight excluding hydrogens is 311 g/mol. The monoisotopic (exact) mass is 328 g/mol. The second-order valence-electron chi connectivity index (χ2n) is 5.18. The van der Waals surface area contributed by atoms with Crippen molar-refractivity contribution in [3.8, 4) is 11.8 Å². The van der Waals surface area contributed by atoms with Crippen LogP contribution in [0.15, 0.2) is 42.5 Å². The van der Waals surface area contributed by atoms with E-state index in [1.165, 1.54) is 17.0 Å². The van der Waals surface area contributed by atoms with E-state index in [2.05, 4.69) is 0 Å². The zero-order valence-corrected chi connectivity index (χ0v) is 13.2. The number of carbonyl (C=O) groups is 1. The number of likely N-dealkylation sites (N-methyl/N-ethyl adjacent to an activating group) is 1. The first-order valence-electron chi connectivity index (χ1n) is 7.33. The van der Waals surface area contributed by atoms with E-state index in [0.29, 0.717) is 16.9 Å². The normalized spacial score (nSPS) is 10.1. The maximum absolute atomic E-state index is 13.1. The molecule has 24 heavy (non-hydrogen) atoms. The molecule has 2 aromatic rings. The van der Waals surface area contributed by atoms with E-state index in [-0.39, 0.29) is 31.2 Å². The van der Waals surface area contributed by atoms with Gasteiger partial charge >= 0.3 is 0 Å². The first-order valence-corrected chi connectivity index (χ1v) is 7.33. The van der Waals surface area contributed by atoms with Crippen molar-refractivity contribution in [1.29, 1.82) is 5.26 Å². The van der Waals surface area contributed by atoms with Gasteiger partial charge in [-0.2, -0.15) is 5.26 Å². The molecule has 0 fully saturated rings. The molecule has 0 heterocycles. The predicted octanol–water partition coefficient (Wildman–Crippen LogP) is 2.34. The molecule has 5 nitrogen and oxygen atoms in total. The van der Waals surface area contributed by atoms with Gasteiger partial charge in [-0.25, -0.2) is 4.39 Å². The SMILES string of the molecule is CN(CCO)C(=O)c1ccc(OCc2ccc(F)cc2C#N)cc1. The molecule has 0 bridgehead atoms. The van der Waals surface area contributed by atoms with Crippen molar-refractivity contribution in [2.24, 2.45) is 0 Å². The third kappa shape index (κ3) is 4.31. The average Bonchev–Trinajstić information content (AvgIpc) is 2.60. The van der Waals surface area contributed by atoms with Crippen molar-refractivity contribution >= 4 is 5.91 Å². The Labute approximate surface area is 139 Å². The minimum absolute atomic E-state index is 0.0949. The third-order valence-electron chi connectivity index (χ3n) is 3.47. The molecule has 0 unspecified atom stereocenters. The van der Waals surface area contributed by atoms with Crippen LogP contribution < -0.4 is 4.74 Å². The lowest BCUT2D eigenvalue weighted by Gasteiger charge is -2.15. The number of nitriles is 1. The van der Waals surface area contributed by atoms with Gasteiger partial charge in [-0.3, -0.25) is 4.79 Å². The van der Waals surface area contributed by atoms with Gasteiger partial charge in [0.1, 0.15) is 18.2 Å². The Hall–Kier alpha value is -2.91. The number of halogens is 1. The summed E-state index contributed by atoms with van der Waals surface area (Å²) in [5.74, 6) is -0.129. The number of aliphatic hydroxyl groups excluding tert-OH is 1. The van der Waals surface area contributed by atoms with Crippen molar-refractivity contribution in [3.05, 3.63) is 65.0 Å². The molecule has 0 spiro atoms. The highest BCUT2D eigenvalue weighted by Crippen LogP contribution is 2.17. The second-order valence-corrected chi connectivity index (χ2v) is 5.18. The van der Waals surface area contributed by atoms with Crippen LogP contribution in [0, 0.1) is 17.1 Å². The molecular formula is C18H17FN2O3. The molecule has 124 valence electrons. The Bertz CT molecular complexity index is 754. The highest BCUT2D eigenvalue weighted by atomic mass is 19.1. The molecule has 2 rings (SSSR count). The molecule has 0 aliphatic heterocycles. The predicted molar refractivity (Wildman–Crippen MR) is 85.9 cm³/mol. The first-order chi connectivity index (χ1) is 11.5. The molecule has 6 heteroatoms. The van der Waals surface area contributed by atoms with Crippen LogP contribution in [0.3, 0.4) is 0 Å². The van der Waals surface area contributed by atoms with Gasteiger partial charge in [-0.1, -0.05) is 6.07 Å². The number of nitrogens with zero attached hydrogens (tertiary/aromatic N) is 2. The molecule has 0 atom stereocenters. The lowest BCUT2D eigenvalue weighted by molar-refractivity contribution is 0.0767. The van der Waals surface area contributed by atoms with Crippen molar-refractivity contribution in [1.82, 2.24) is 4.90 Å². The third-order valence-corrected chi connectivity index (χ3v) is 3.47. The zero-order chi connectivity index (χ0) is 17.5. The molecule has 2 aromatic carbocycles. The van der Waals surface area contributed by atoms with Crippen LogP contribution in [0.25, 0.3) is 0 Å². The van der Waals surface area contributed by atoms with E-state index in [4.69, 9.17) is 15.1 Å². The van der Waals surface area contributed by atoms with Gasteiger partial charge in [0.25, 0.3) is 5.91 Å². The summed E-state index contributed by atoms with van der Waals surface area (Å²) >= 11 is 0. The van der Waals surface area contributed by atoms with E-state index in [9.17, 15) is 9.18 Å². The summed E-state index contributed by atoms with van der Waals surface area (Å²) in [6.45, 7) is 0.293. The zero-order valence-electron chi connectivity index (χ0n) is 13.2. The van der Waals surface area contributed by atoms with Gasteiger partial charge in [-0.05, 0) is 36.4 Å². The number of ether oxygens (including phenoxy) is 1. The lowest BCUT2D eigenvalue weighted by atomic mass is 10.1. The lowest BCUT2D eigenvalue weighted by Crippen LogP contribution is -2.29. The van der Waals surface area contributed by atoms with Gasteiger partial charge < -0.3 is 14.7 Å². The summed E-state index contributed by atoms with van der Waals surface area (Å²) in [6, 6.07) is 12.4. The van der Waals surface area contributed by atoms with Crippen LogP contribution in [-0.2, 0) is 6.61 Å². The number of hydrogen-bond acceptors (Lipinski definition) is 4. The highest BCUT2D eigenvalue weighted by molar-refractivity contribution is 5.94. The van der Waals surface area contributed by atoms with Crippen LogP contribution in [0.1, 0.15) is 21.5 Å². The second kappa shape index (κ2) is 8.09. The van der Waals surface area contributed by atoms with Crippen molar-refractivity contribution in [3.63, 3.8) is 0 Å². The largest absolute Gasteiger partial charge is 0.489 e. The molecule has 0 aliphatic carbocycles. The maximum Gasteiger partial charge on any atom is 0.253 e. The van der Waals surface area contributed by atoms with Gasteiger partial charge in [0.05, 0.1) is 18.2 Å². The Balaban J connectivity index is 2.02. The Morgan fingerprint density at radius 2 is 2.00 bits per heavy atom. The van der Waals surface area contributed by atoms with E-state index in [1.807, 2.05) is 6.07 Å². The molecule has 0 aromatic heterocycles. The minimum atomic E-state index is -0.467. The number of amides is 1. The minimum Gasteiger partial charge on any atom is -0.489 e. The topological polar surface area (TPSA) is 73.6 Å². The summed E-state index contributed by atoms with van der Waals surface area (Å²) in [4.78, 5) is 13.5. The first kappa shape index (κ1) is 17.4. The number of rotatable bonds is 6. The summed E-state index contributed by atoms with van der Waals surface area (Å²) in [6.07, 6.45) is 0. The van der Waals surface area contributed by atoms with Crippen LogP contribution in [0.5, 0.6) is 5.75 Å². The molecule has 1 amide bonds. The fourth-order valence-corrected chi connectivity index (χ4v) is 2.11. The standard InChI is InChI=1S/C18H17FN2O3/c1-21(8-9-22)18(23)13-3-6-17(7-4-13)24-12-14-2-5-16(19)10-15(14)11-20/h2-7,10,22H,8-9,12H2,1H3. The van der Waals surface area contributed by atoms with Crippen LogP contribution >= 0.6 is 0 Å². The van der Waals surface area contributed by atoms with E-state index in [0.717, 1.165) is 6.07 Å². The van der Waals surface area contributed by atoms with Crippen LogP contribution in [0.4, 0.5) is 4.39 Å². The molecule has 0 radical (unpaired) electrons. The molecule has 1 N–H and O–H groups in total. The Morgan fingerprint density at radius 1 is 1.29 bits per heavy atom. The number of carbonyl (C=O) groups excluding carboxylic acids is 1. The van der Waals surface area contributed by atoms with Gasteiger partial charge in [0, 0.05) is 24.7 Å². The van der Waals surface area contributed by atoms with Crippen molar-refractivity contribution in [2.75, 3.05) is 20.2 Å². The number of hydrogen-bond donors (Lipinski definition) is 1. The summed E-state index contributed by atoms with van der Waals surface area (Å²) in [5.41, 5.74) is 1.30. The average molecular weight is 328 g/mol. The van der Waals surface area contributed by atoms with Crippen molar-refractivity contribution in [2.45, 2.75) is 6.61 Å². The van der Waals surface area contributed by atoms with E-state index >= 15 is 0 Å². The summed E-state index contributed by atoms with van der Waals surface area (Å²) < 4.78 is 18.7. The Kier molecular flexibility index (Phi) is 5.88. The van der Waals surface area contributed by atoms with E-state index < -0.39 is 5.82 Å². The van der Waals surface area contributed by atoms with Gasteiger partial charge in [0.15, 0.2) is 0 Å². The highest BCUT2D eigenvalue weighted by Gasteiger charge is 2.11. The molecule has 0 saturated carbocycles. The number of benzene rings is 2. The fraction of sp³-hybridized carbons (Fsp3) is 0.222. The number of aliphatic hydroxyl groups is 1. The molecule has 0 aliphatic rings. The smallest absolute Gasteiger partial charge is 0.253 e. The van der Waals surface area contributed by atoms with Gasteiger partial charge in [0.2, 0.25) is 0 Å². The van der Waals surface area contributed by atoms with Crippen molar-refractivity contribution < 1.29 is 19.0 Å². The van der Waals surface area contributed by atoms with Gasteiger partial charge in [-0.15, -0.1) is 0 Å². The van der Waals surface area contributed by atoms with Crippen LogP contribution in [0.2, 0.25) is 0 Å². The Morgan fingerprint density at radius 3 is 2.62 bits per heavy atom. The fourth-order valence-electron chi connectivity index (χ4n) is 2.11. The quantitative estimate of drug-likeness (QED) is 0.883. The summed E-state index contributed by atoms with van der Waals surface area (Å²) in [5, 5.41) is 17.9. The molecule has 0 saturated heterocycles. The van der Waals surface area contributed by atoms with Crippen LogP contribution in [-0.4, -0.2) is 36.1 Å². The van der Waals surface area contributed by atoms with E-state index in [1.54, 1.807) is 31.3 Å². The maximum atomic E-state index is 13.1. The summed E-state index contributed by atoms with van der Waals surface area (Å²) in [7, 11) is 1.61.